The second kappa shape index (κ2) is 6.27. The summed E-state index contributed by atoms with van der Waals surface area (Å²) in [7, 11) is 2.42. The van der Waals surface area contributed by atoms with Gasteiger partial charge in [0.25, 0.3) is 5.52 Å². The van der Waals surface area contributed by atoms with E-state index in [1.807, 2.05) is 18.2 Å². The minimum Gasteiger partial charge on any atom is -0.466 e. The molecule has 0 fully saturated rings. The lowest BCUT2D eigenvalue weighted by Crippen LogP contribution is -2.46. The Labute approximate surface area is 137 Å². The van der Waals surface area contributed by atoms with Gasteiger partial charge < -0.3 is 13.9 Å². The van der Waals surface area contributed by atoms with Gasteiger partial charge in [0, 0.05) is 18.6 Å². The van der Waals surface area contributed by atoms with Crippen LogP contribution in [0.15, 0.2) is 40.3 Å². The van der Waals surface area contributed by atoms with Gasteiger partial charge in [0.15, 0.2) is 5.78 Å². The number of carbonyl (C=O) groups is 3. The van der Waals surface area contributed by atoms with Crippen molar-refractivity contribution in [1.29, 1.82) is 0 Å². The first-order chi connectivity index (χ1) is 11.5. The highest BCUT2D eigenvalue weighted by Gasteiger charge is 2.42. The SMILES string of the molecule is COC(=O)C=C(C(=O)OC)C1CC(=O)C[n+]2c1oc1ccccc12. The highest BCUT2D eigenvalue weighted by Crippen LogP contribution is 2.32. The molecule has 7 nitrogen and oxygen atoms in total. The van der Waals surface area contributed by atoms with E-state index >= 15 is 0 Å². The Kier molecular flexibility index (Phi) is 4.16. The Morgan fingerprint density at radius 1 is 1.25 bits per heavy atom. The molecule has 0 spiro atoms. The van der Waals surface area contributed by atoms with E-state index in [1.165, 1.54) is 14.2 Å². The molecule has 7 heteroatoms. The quantitative estimate of drug-likeness (QED) is 0.475. The van der Waals surface area contributed by atoms with Gasteiger partial charge in [-0.05, 0) is 6.07 Å². The van der Waals surface area contributed by atoms with Crippen molar-refractivity contribution in [2.45, 2.75) is 18.9 Å². The number of esters is 2. The maximum absolute atomic E-state index is 12.2. The zero-order chi connectivity index (χ0) is 17.3. The zero-order valence-corrected chi connectivity index (χ0v) is 13.3. The maximum atomic E-state index is 12.2. The molecule has 24 heavy (non-hydrogen) atoms. The van der Waals surface area contributed by atoms with Gasteiger partial charge in [-0.3, -0.25) is 4.79 Å². The minimum absolute atomic E-state index is 0.0326. The van der Waals surface area contributed by atoms with Crippen LogP contribution in [-0.2, 0) is 30.4 Å². The van der Waals surface area contributed by atoms with Crippen LogP contribution in [0, 0.1) is 0 Å². The number of ketones is 1. The Morgan fingerprint density at radius 3 is 2.71 bits per heavy atom. The van der Waals surface area contributed by atoms with Gasteiger partial charge in [0.2, 0.25) is 12.1 Å². The number of hydrogen-bond acceptors (Lipinski definition) is 6. The van der Waals surface area contributed by atoms with E-state index in [-0.39, 0.29) is 24.3 Å². The number of nitrogens with zero attached hydrogens (tertiary/aromatic N) is 1. The van der Waals surface area contributed by atoms with Gasteiger partial charge in [-0.1, -0.05) is 12.1 Å². The predicted molar refractivity (Wildman–Crippen MR) is 80.9 cm³/mol. The molecule has 1 aromatic heterocycles. The Morgan fingerprint density at radius 2 is 2.00 bits per heavy atom. The standard InChI is InChI=1S/C17H16NO6/c1-22-15(20)8-12(17(21)23-2)11-7-10(19)9-18-13-5-3-4-6-14(13)24-16(11)18/h3-6,8,11H,7,9H2,1-2H3/q+1. The third-order valence-electron chi connectivity index (χ3n) is 3.97. The van der Waals surface area contributed by atoms with E-state index in [9.17, 15) is 14.4 Å². The zero-order valence-electron chi connectivity index (χ0n) is 13.3. The first-order valence-electron chi connectivity index (χ1n) is 7.36. The summed E-state index contributed by atoms with van der Waals surface area (Å²) in [5.74, 6) is -1.73. The van der Waals surface area contributed by atoms with Crippen LogP contribution in [0.1, 0.15) is 18.2 Å². The van der Waals surface area contributed by atoms with E-state index < -0.39 is 17.9 Å². The lowest BCUT2D eigenvalue weighted by atomic mass is 9.90. The number of para-hydroxylation sites is 2. The van der Waals surface area contributed by atoms with Crippen LogP contribution in [0.2, 0.25) is 0 Å². The third-order valence-corrected chi connectivity index (χ3v) is 3.97. The van der Waals surface area contributed by atoms with Gasteiger partial charge in [-0.2, -0.15) is 4.57 Å². The number of hydrogen-bond donors (Lipinski definition) is 0. The normalized spacial score (nSPS) is 17.5. The van der Waals surface area contributed by atoms with E-state index in [2.05, 4.69) is 4.74 Å². The smallest absolute Gasteiger partial charge is 0.356 e. The van der Waals surface area contributed by atoms with Crippen molar-refractivity contribution < 1.29 is 32.8 Å². The van der Waals surface area contributed by atoms with Crippen molar-refractivity contribution in [3.8, 4) is 0 Å². The molecule has 0 saturated carbocycles. The molecular weight excluding hydrogens is 314 g/mol. The molecule has 2 heterocycles. The van der Waals surface area contributed by atoms with Gasteiger partial charge >= 0.3 is 17.8 Å². The molecule has 1 aliphatic rings. The van der Waals surface area contributed by atoms with Crippen LogP contribution in [0.4, 0.5) is 0 Å². The lowest BCUT2D eigenvalue weighted by Gasteiger charge is -2.16. The molecule has 124 valence electrons. The van der Waals surface area contributed by atoms with E-state index in [4.69, 9.17) is 9.15 Å². The highest BCUT2D eigenvalue weighted by molar-refractivity contribution is 5.98. The molecule has 1 aliphatic heterocycles. The van der Waals surface area contributed by atoms with Gasteiger partial charge in [0.1, 0.15) is 5.92 Å². The minimum atomic E-state index is -0.704. The molecule has 0 aliphatic carbocycles. The molecule has 1 unspecified atom stereocenters. The summed E-state index contributed by atoms with van der Waals surface area (Å²) in [4.78, 5) is 35.9. The summed E-state index contributed by atoms with van der Waals surface area (Å²) in [6.07, 6.45) is 1.10. The Hall–Kier alpha value is -2.96. The summed E-state index contributed by atoms with van der Waals surface area (Å²) in [5.41, 5.74) is 1.40. The Balaban J connectivity index is 2.17. The number of fused-ring (bicyclic) bond motifs is 3. The third kappa shape index (κ3) is 2.68. The van der Waals surface area contributed by atoms with Crippen LogP contribution in [0.3, 0.4) is 0 Å². The van der Waals surface area contributed by atoms with E-state index in [0.29, 0.717) is 11.5 Å². The fraction of sp³-hybridized carbons (Fsp3) is 0.294. The molecule has 1 atom stereocenters. The van der Waals surface area contributed by atoms with E-state index in [0.717, 1.165) is 11.6 Å². The molecular formula is C17H16NO6+. The number of carbonyl (C=O) groups excluding carboxylic acids is 3. The number of aromatic nitrogens is 1. The predicted octanol–water partition coefficient (Wildman–Crippen LogP) is 1.05. The van der Waals surface area contributed by atoms with Gasteiger partial charge in [-0.15, -0.1) is 0 Å². The molecule has 3 rings (SSSR count). The van der Waals surface area contributed by atoms with Crippen LogP contribution >= 0.6 is 0 Å². The second-order valence-corrected chi connectivity index (χ2v) is 5.40. The van der Waals surface area contributed by atoms with Crippen molar-refractivity contribution in [2.75, 3.05) is 14.2 Å². The molecule has 0 bridgehead atoms. The number of Topliss-reactive ketones (excluding diaryl/α,β-unsaturated/α-hetero) is 1. The van der Waals surface area contributed by atoms with E-state index in [1.54, 1.807) is 10.6 Å². The van der Waals surface area contributed by atoms with Crippen molar-refractivity contribution in [2.24, 2.45) is 0 Å². The van der Waals surface area contributed by atoms with Crippen LogP contribution in [0.5, 0.6) is 0 Å². The summed E-state index contributed by atoms with van der Waals surface area (Å²) in [6, 6.07) is 7.27. The number of oxazole rings is 1. The first-order valence-corrected chi connectivity index (χ1v) is 7.36. The van der Waals surface area contributed by atoms with Crippen LogP contribution < -0.4 is 4.57 Å². The fourth-order valence-electron chi connectivity index (χ4n) is 2.88. The molecule has 1 aromatic carbocycles. The van der Waals surface area contributed by atoms with Gasteiger partial charge in [-0.25, -0.2) is 9.59 Å². The van der Waals surface area contributed by atoms with Crippen molar-refractivity contribution in [3.63, 3.8) is 0 Å². The van der Waals surface area contributed by atoms with Crippen molar-refractivity contribution in [1.82, 2.24) is 0 Å². The number of ether oxygens (including phenoxy) is 2. The number of benzene rings is 1. The highest BCUT2D eigenvalue weighted by atomic mass is 16.5. The summed E-state index contributed by atoms with van der Waals surface area (Å²) < 4.78 is 16.9. The fourth-order valence-corrected chi connectivity index (χ4v) is 2.88. The lowest BCUT2D eigenvalue weighted by molar-refractivity contribution is -0.675. The first kappa shape index (κ1) is 15.9. The molecule has 2 aromatic rings. The average molecular weight is 330 g/mol. The average Bonchev–Trinajstić information content (AvgIpc) is 2.96. The summed E-state index contributed by atoms with van der Waals surface area (Å²) >= 11 is 0. The van der Waals surface area contributed by atoms with Crippen LogP contribution in [-0.4, -0.2) is 31.9 Å². The molecule has 0 radical (unpaired) electrons. The summed E-state index contributed by atoms with van der Waals surface area (Å²) in [6.45, 7) is 0.162. The number of methoxy groups -OCH3 is 2. The van der Waals surface area contributed by atoms with Crippen molar-refractivity contribution in [3.05, 3.63) is 41.8 Å². The Bertz CT molecular complexity index is 863. The molecule has 0 N–H and O–H groups in total. The van der Waals surface area contributed by atoms with Gasteiger partial charge in [0.05, 0.1) is 19.8 Å². The maximum Gasteiger partial charge on any atom is 0.356 e. The summed E-state index contributed by atoms with van der Waals surface area (Å²) in [5, 5.41) is 0. The van der Waals surface area contributed by atoms with Crippen molar-refractivity contribution >= 4 is 28.8 Å². The second-order valence-electron chi connectivity index (χ2n) is 5.40. The molecule has 0 amide bonds. The largest absolute Gasteiger partial charge is 0.466 e. The number of rotatable bonds is 3. The topological polar surface area (TPSA) is 86.7 Å². The van der Waals surface area contributed by atoms with Crippen LogP contribution in [0.25, 0.3) is 11.1 Å². The monoisotopic (exact) mass is 330 g/mol. The molecule has 0 saturated heterocycles.